The third-order valence-electron chi connectivity index (χ3n) is 6.93. The summed E-state index contributed by atoms with van der Waals surface area (Å²) < 4.78 is 5.86. The molecule has 0 spiro atoms. The maximum atomic E-state index is 13.0. The number of ether oxygens (including phenoxy) is 1. The summed E-state index contributed by atoms with van der Waals surface area (Å²) in [6, 6.07) is 15.4. The van der Waals surface area contributed by atoms with Crippen molar-refractivity contribution >= 4 is 29.0 Å². The molecule has 3 aromatic rings. The number of rotatable bonds is 9. The Balaban J connectivity index is 1.28. The zero-order valence-corrected chi connectivity index (χ0v) is 23.4. The first kappa shape index (κ1) is 27.6. The average Bonchev–Trinajstić information content (AvgIpc) is 3.38. The number of nitrogens with zero attached hydrogens (tertiary/aromatic N) is 1. The van der Waals surface area contributed by atoms with Gasteiger partial charge in [-0.05, 0) is 60.1 Å². The van der Waals surface area contributed by atoms with Crippen molar-refractivity contribution in [2.75, 3.05) is 5.32 Å². The Kier molecular flexibility index (Phi) is 9.39. The molecule has 1 fully saturated rings. The van der Waals surface area contributed by atoms with Gasteiger partial charge in [-0.25, -0.2) is 9.78 Å². The molecule has 1 aliphatic carbocycles. The fourth-order valence-electron chi connectivity index (χ4n) is 4.58. The summed E-state index contributed by atoms with van der Waals surface area (Å²) in [7, 11) is 0. The molecule has 1 saturated carbocycles. The quantitative estimate of drug-likeness (QED) is 0.280. The molecule has 7 nitrogen and oxygen atoms in total. The van der Waals surface area contributed by atoms with Gasteiger partial charge < -0.3 is 20.7 Å². The Hall–Kier alpha value is -3.39. The van der Waals surface area contributed by atoms with Crippen molar-refractivity contribution in [3.8, 4) is 5.75 Å². The monoisotopic (exact) mass is 534 g/mol. The van der Waals surface area contributed by atoms with E-state index in [9.17, 15) is 9.59 Å². The van der Waals surface area contributed by atoms with Crippen LogP contribution in [0.2, 0.25) is 0 Å². The van der Waals surface area contributed by atoms with Gasteiger partial charge in [-0.15, -0.1) is 11.3 Å². The Morgan fingerprint density at radius 1 is 0.895 bits per heavy atom. The number of urea groups is 1. The minimum Gasteiger partial charge on any atom is -0.486 e. The maximum Gasteiger partial charge on any atom is 0.319 e. The average molecular weight is 535 g/mol. The molecule has 202 valence electrons. The molecule has 38 heavy (non-hydrogen) atoms. The number of thiazole rings is 1. The molecule has 2 aromatic carbocycles. The van der Waals surface area contributed by atoms with E-state index >= 15 is 0 Å². The molecule has 8 heteroatoms. The lowest BCUT2D eigenvalue weighted by atomic mass is 9.90. The van der Waals surface area contributed by atoms with Crippen LogP contribution < -0.4 is 20.7 Å². The number of hydrogen-bond donors (Lipinski definition) is 3. The highest BCUT2D eigenvalue weighted by atomic mass is 32.1. The predicted molar refractivity (Wildman–Crippen MR) is 153 cm³/mol. The Bertz CT molecular complexity index is 1200. The van der Waals surface area contributed by atoms with Gasteiger partial charge in [0.05, 0.1) is 6.04 Å². The third kappa shape index (κ3) is 7.57. The van der Waals surface area contributed by atoms with E-state index in [-0.39, 0.29) is 24.0 Å². The second-order valence-corrected chi connectivity index (χ2v) is 11.4. The van der Waals surface area contributed by atoms with Crippen LogP contribution in [0.1, 0.15) is 91.8 Å². The molecule has 1 aromatic heterocycles. The Morgan fingerprint density at radius 2 is 1.47 bits per heavy atom. The molecule has 0 aliphatic heterocycles. The zero-order valence-electron chi connectivity index (χ0n) is 22.6. The van der Waals surface area contributed by atoms with Crippen LogP contribution in [-0.4, -0.2) is 29.0 Å². The number of benzene rings is 2. The predicted octanol–water partition coefficient (Wildman–Crippen LogP) is 6.83. The second-order valence-electron chi connectivity index (χ2n) is 10.5. The largest absolute Gasteiger partial charge is 0.486 e. The van der Waals surface area contributed by atoms with Gasteiger partial charge in [0.1, 0.15) is 23.1 Å². The van der Waals surface area contributed by atoms with Crippen LogP contribution in [0.4, 0.5) is 10.5 Å². The smallest absolute Gasteiger partial charge is 0.319 e. The van der Waals surface area contributed by atoms with Crippen molar-refractivity contribution in [2.24, 2.45) is 0 Å². The van der Waals surface area contributed by atoms with E-state index in [0.29, 0.717) is 24.1 Å². The topological polar surface area (TPSA) is 92.4 Å². The van der Waals surface area contributed by atoms with Crippen molar-refractivity contribution in [1.82, 2.24) is 15.6 Å². The first-order chi connectivity index (χ1) is 18.3. The van der Waals surface area contributed by atoms with Crippen LogP contribution in [0.3, 0.4) is 0 Å². The third-order valence-corrected chi connectivity index (χ3v) is 7.75. The summed E-state index contributed by atoms with van der Waals surface area (Å²) in [5.74, 6) is 1.46. The van der Waals surface area contributed by atoms with E-state index in [1.54, 1.807) is 5.38 Å². The maximum absolute atomic E-state index is 13.0. The lowest BCUT2D eigenvalue weighted by Crippen LogP contribution is -2.54. The molecule has 3 amide bonds. The zero-order chi connectivity index (χ0) is 27.1. The van der Waals surface area contributed by atoms with Gasteiger partial charge >= 0.3 is 6.03 Å². The minimum absolute atomic E-state index is 0.141. The summed E-state index contributed by atoms with van der Waals surface area (Å²) >= 11 is 1.41. The molecule has 1 heterocycles. The van der Waals surface area contributed by atoms with Crippen LogP contribution in [0.25, 0.3) is 0 Å². The first-order valence-corrected chi connectivity index (χ1v) is 14.3. The van der Waals surface area contributed by atoms with E-state index in [1.165, 1.54) is 22.5 Å². The lowest BCUT2D eigenvalue weighted by molar-refractivity contribution is 0.0911. The van der Waals surface area contributed by atoms with E-state index in [4.69, 9.17) is 4.74 Å². The summed E-state index contributed by atoms with van der Waals surface area (Å²) in [5.41, 5.74) is 3.61. The number of aromatic nitrogens is 1. The second kappa shape index (κ2) is 12.9. The molecule has 4 rings (SSSR count). The summed E-state index contributed by atoms with van der Waals surface area (Å²) in [4.78, 5) is 30.1. The molecule has 0 saturated heterocycles. The molecule has 2 atom stereocenters. The van der Waals surface area contributed by atoms with Gasteiger partial charge in [0.2, 0.25) is 0 Å². The SMILES string of the molecule is CC(C)c1ccc(NC(=O)NC2CCCCC2NC(=O)c2csc(COc3ccc(C(C)C)cc3)n2)cc1. The van der Waals surface area contributed by atoms with Gasteiger partial charge in [0.15, 0.2) is 0 Å². The fraction of sp³-hybridized carbons (Fsp3) is 0.433. The molecule has 3 N–H and O–H groups in total. The molecule has 0 bridgehead atoms. The molecule has 2 unspecified atom stereocenters. The van der Waals surface area contributed by atoms with Gasteiger partial charge in [0.25, 0.3) is 5.91 Å². The normalized spacial score (nSPS) is 17.3. The van der Waals surface area contributed by atoms with Gasteiger partial charge in [0, 0.05) is 17.1 Å². The number of amides is 3. The highest BCUT2D eigenvalue weighted by Crippen LogP contribution is 2.22. The van der Waals surface area contributed by atoms with Crippen molar-refractivity contribution in [3.05, 3.63) is 75.7 Å². The number of carbonyl (C=O) groups excluding carboxylic acids is 2. The van der Waals surface area contributed by atoms with Crippen LogP contribution in [-0.2, 0) is 6.61 Å². The van der Waals surface area contributed by atoms with Crippen LogP contribution >= 0.6 is 11.3 Å². The first-order valence-electron chi connectivity index (χ1n) is 13.4. The van der Waals surface area contributed by atoms with Crippen LogP contribution in [0, 0.1) is 0 Å². The molecular weight excluding hydrogens is 496 g/mol. The van der Waals surface area contributed by atoms with E-state index in [0.717, 1.165) is 42.1 Å². The van der Waals surface area contributed by atoms with Crippen molar-refractivity contribution in [1.29, 1.82) is 0 Å². The van der Waals surface area contributed by atoms with Crippen LogP contribution in [0.15, 0.2) is 53.9 Å². The Morgan fingerprint density at radius 3 is 2.08 bits per heavy atom. The van der Waals surface area contributed by atoms with Crippen molar-refractivity contribution in [3.63, 3.8) is 0 Å². The fourth-order valence-corrected chi connectivity index (χ4v) is 5.27. The van der Waals surface area contributed by atoms with E-state index in [1.807, 2.05) is 36.4 Å². The highest BCUT2D eigenvalue weighted by Gasteiger charge is 2.28. The van der Waals surface area contributed by atoms with E-state index in [2.05, 4.69) is 60.8 Å². The molecule has 1 aliphatic rings. The number of anilines is 1. The lowest BCUT2D eigenvalue weighted by Gasteiger charge is -2.32. The summed E-state index contributed by atoms with van der Waals surface area (Å²) in [6.07, 6.45) is 3.65. The van der Waals surface area contributed by atoms with Crippen molar-refractivity contribution in [2.45, 2.75) is 83.9 Å². The summed E-state index contributed by atoms with van der Waals surface area (Å²) in [6.45, 7) is 8.90. The minimum atomic E-state index is -0.261. The van der Waals surface area contributed by atoms with Gasteiger partial charge in [-0.1, -0.05) is 64.8 Å². The van der Waals surface area contributed by atoms with Crippen LogP contribution in [0.5, 0.6) is 5.75 Å². The van der Waals surface area contributed by atoms with Gasteiger partial charge in [-0.2, -0.15) is 0 Å². The molecule has 0 radical (unpaired) electrons. The number of nitrogens with one attached hydrogen (secondary N) is 3. The Labute approximate surface area is 229 Å². The van der Waals surface area contributed by atoms with E-state index < -0.39 is 0 Å². The highest BCUT2D eigenvalue weighted by molar-refractivity contribution is 7.09. The standard InChI is InChI=1S/C30H38N4O3S/c1-19(2)21-9-13-23(14-10-21)31-30(36)34-26-8-6-5-7-25(26)33-29(35)27-18-38-28(32-27)17-37-24-15-11-22(12-16-24)20(3)4/h9-16,18-20,25-26H,5-8,17H2,1-4H3,(H,33,35)(H2,31,34,36). The number of hydrogen-bond acceptors (Lipinski definition) is 5. The molecular formula is C30H38N4O3S. The number of carbonyl (C=O) groups is 2. The van der Waals surface area contributed by atoms with Crippen molar-refractivity contribution < 1.29 is 14.3 Å². The summed E-state index contributed by atoms with van der Waals surface area (Å²) in [5, 5.41) is 11.6. The van der Waals surface area contributed by atoms with Gasteiger partial charge in [-0.3, -0.25) is 4.79 Å².